The molecule has 0 aliphatic heterocycles. The van der Waals surface area contributed by atoms with E-state index >= 15 is 4.57 Å². The van der Waals surface area contributed by atoms with Gasteiger partial charge in [-0.1, -0.05) is 119 Å². The van der Waals surface area contributed by atoms with Crippen molar-refractivity contribution >= 4 is 25.0 Å². The van der Waals surface area contributed by atoms with Crippen LogP contribution in [0.25, 0.3) is 0 Å². The zero-order valence-electron chi connectivity index (χ0n) is 27.1. The third-order valence-electron chi connectivity index (χ3n) is 9.39. The van der Waals surface area contributed by atoms with Gasteiger partial charge in [0.2, 0.25) is 0 Å². The van der Waals surface area contributed by atoms with Crippen LogP contribution in [0.4, 0.5) is 0 Å². The average molecular weight is 603 g/mol. The molecule has 0 aromatic carbocycles. The summed E-state index contributed by atoms with van der Waals surface area (Å²) < 4.78 is 15.9. The highest BCUT2D eigenvalue weighted by Gasteiger charge is 2.49. The maximum absolute atomic E-state index is 15.9. The molecule has 0 aromatic rings. The van der Waals surface area contributed by atoms with Crippen molar-refractivity contribution in [3.63, 3.8) is 0 Å². The maximum Gasteiger partial charge on any atom is 0.304 e. The Kier molecular flexibility index (Phi) is 21.5. The molecule has 0 aromatic heterocycles. The largest absolute Gasteiger partial charge is 0.481 e. The minimum Gasteiger partial charge on any atom is -0.481 e. The molecular weight excluding hydrogens is 539 g/mol. The monoisotopic (exact) mass is 602 g/mol. The van der Waals surface area contributed by atoms with E-state index in [-0.39, 0.29) is 37.0 Å². The van der Waals surface area contributed by atoms with Gasteiger partial charge in [0.05, 0.1) is 26.4 Å². The summed E-state index contributed by atoms with van der Waals surface area (Å²) in [5, 5.41) is 30.2. The molecule has 7 nitrogen and oxygen atoms in total. The van der Waals surface area contributed by atoms with Gasteiger partial charge in [-0.2, -0.15) is 0 Å². The zero-order chi connectivity index (χ0) is 31.4. The highest BCUT2D eigenvalue weighted by Crippen LogP contribution is 2.67. The molecule has 0 spiro atoms. The van der Waals surface area contributed by atoms with Crippen LogP contribution in [0.5, 0.6) is 0 Å². The lowest BCUT2D eigenvalue weighted by atomic mass is 9.92. The molecule has 0 saturated carbocycles. The Morgan fingerprint density at radius 2 is 0.756 bits per heavy atom. The van der Waals surface area contributed by atoms with Gasteiger partial charge in [0.15, 0.2) is 0 Å². The minimum atomic E-state index is -3.65. The quantitative estimate of drug-likeness (QED) is 0.0798. The third kappa shape index (κ3) is 15.1. The molecule has 3 N–H and O–H groups in total. The van der Waals surface area contributed by atoms with E-state index in [9.17, 15) is 29.7 Å². The van der Waals surface area contributed by atoms with Gasteiger partial charge in [0, 0.05) is 17.0 Å². The Labute approximate surface area is 251 Å². The van der Waals surface area contributed by atoms with Gasteiger partial charge in [-0.3, -0.25) is 14.4 Å². The first kappa shape index (κ1) is 39.6. The molecule has 0 heterocycles. The standard InChI is InChI=1S/C33H63O7P/c1-7-13-16-25(10-4)19-28(22-31(34)35)41(40,29(23-32(36)37)20-26(11-5)17-14-8-2)30(24-33(38)39)21-27(12-6)18-15-9-3/h25-30H,7-24H2,1-6H3,(H,34,35)(H,36,37)(H,38,39). The van der Waals surface area contributed by atoms with Crippen molar-refractivity contribution in [2.75, 3.05) is 0 Å². The van der Waals surface area contributed by atoms with E-state index in [4.69, 9.17) is 0 Å². The smallest absolute Gasteiger partial charge is 0.304 e. The van der Waals surface area contributed by atoms with Crippen LogP contribution in [0.1, 0.15) is 157 Å². The first-order valence-electron chi connectivity index (χ1n) is 16.7. The van der Waals surface area contributed by atoms with Gasteiger partial charge in [-0.25, -0.2) is 0 Å². The number of carboxylic acid groups (broad SMARTS) is 3. The second kappa shape index (κ2) is 22.2. The van der Waals surface area contributed by atoms with Gasteiger partial charge in [-0.15, -0.1) is 0 Å². The molecule has 0 aliphatic carbocycles. The van der Waals surface area contributed by atoms with Crippen molar-refractivity contribution in [1.29, 1.82) is 0 Å². The molecule has 0 fully saturated rings. The van der Waals surface area contributed by atoms with Crippen LogP contribution in [0, 0.1) is 17.8 Å². The highest BCUT2D eigenvalue weighted by molar-refractivity contribution is 7.66. The fourth-order valence-corrected chi connectivity index (χ4v) is 11.8. The second-order valence-corrected chi connectivity index (χ2v) is 16.2. The topological polar surface area (TPSA) is 129 Å². The molecule has 0 aliphatic rings. The summed E-state index contributed by atoms with van der Waals surface area (Å²) in [5.41, 5.74) is -2.16. The van der Waals surface area contributed by atoms with Gasteiger partial charge in [0.25, 0.3) is 0 Å². The van der Waals surface area contributed by atoms with E-state index in [0.717, 1.165) is 77.0 Å². The predicted octanol–water partition coefficient (Wildman–Crippen LogP) is 9.70. The number of unbranched alkanes of at least 4 members (excludes halogenated alkanes) is 3. The van der Waals surface area contributed by atoms with Gasteiger partial charge in [0.1, 0.15) is 0 Å². The average Bonchev–Trinajstić information content (AvgIpc) is 2.92. The van der Waals surface area contributed by atoms with Crippen LogP contribution in [-0.4, -0.2) is 50.2 Å². The van der Waals surface area contributed by atoms with Crippen molar-refractivity contribution in [2.24, 2.45) is 17.8 Å². The number of rotatable bonds is 27. The van der Waals surface area contributed by atoms with Crippen molar-refractivity contribution in [3.05, 3.63) is 0 Å². The summed E-state index contributed by atoms with van der Waals surface area (Å²) >= 11 is 0. The van der Waals surface area contributed by atoms with E-state index in [1.807, 2.05) is 0 Å². The fourth-order valence-electron chi connectivity index (χ4n) is 6.77. The molecule has 8 heteroatoms. The van der Waals surface area contributed by atoms with Crippen molar-refractivity contribution in [2.45, 2.75) is 174 Å². The molecular formula is C33H63O7P. The molecule has 0 rings (SSSR count). The first-order chi connectivity index (χ1) is 19.4. The van der Waals surface area contributed by atoms with Gasteiger partial charge in [-0.05, 0) is 37.0 Å². The third-order valence-corrected chi connectivity index (χ3v) is 14.0. The van der Waals surface area contributed by atoms with Crippen LogP contribution in [0.3, 0.4) is 0 Å². The Morgan fingerprint density at radius 3 is 0.927 bits per heavy atom. The van der Waals surface area contributed by atoms with E-state index < -0.39 is 42.0 Å². The molecule has 0 bridgehead atoms. The Morgan fingerprint density at radius 1 is 0.512 bits per heavy atom. The lowest BCUT2D eigenvalue weighted by Gasteiger charge is -2.42. The number of carbonyl (C=O) groups is 3. The maximum atomic E-state index is 15.9. The number of hydrogen-bond donors (Lipinski definition) is 3. The van der Waals surface area contributed by atoms with E-state index in [1.54, 1.807) is 0 Å². The zero-order valence-corrected chi connectivity index (χ0v) is 28.0. The van der Waals surface area contributed by atoms with E-state index in [1.165, 1.54) is 0 Å². The van der Waals surface area contributed by atoms with Crippen LogP contribution in [0.2, 0.25) is 0 Å². The molecule has 41 heavy (non-hydrogen) atoms. The van der Waals surface area contributed by atoms with Crippen molar-refractivity contribution < 1.29 is 34.3 Å². The molecule has 6 unspecified atom stereocenters. The molecule has 242 valence electrons. The summed E-state index contributed by atoms with van der Waals surface area (Å²) in [6.07, 6.45) is 11.6. The van der Waals surface area contributed by atoms with E-state index in [2.05, 4.69) is 41.5 Å². The van der Waals surface area contributed by atoms with E-state index in [0.29, 0.717) is 19.3 Å². The SMILES string of the molecule is CCCCC(CC)CC(CC(=O)O)P(=O)(C(CC(=O)O)CC(CC)CCCC)C(CC(=O)O)CC(CC)CCCC. The molecule has 0 saturated heterocycles. The first-order valence-corrected chi connectivity index (χ1v) is 18.6. The Hall–Kier alpha value is -1.36. The summed E-state index contributed by atoms with van der Waals surface area (Å²) in [7, 11) is -3.65. The van der Waals surface area contributed by atoms with Crippen LogP contribution in [-0.2, 0) is 18.9 Å². The number of carboxylic acids is 3. The summed E-state index contributed by atoms with van der Waals surface area (Å²) in [5.74, 6) is -2.60. The van der Waals surface area contributed by atoms with Gasteiger partial charge < -0.3 is 19.9 Å². The fraction of sp³-hybridized carbons (Fsp3) is 0.909. The Bertz CT molecular complexity index is 684. The van der Waals surface area contributed by atoms with Crippen molar-refractivity contribution in [1.82, 2.24) is 0 Å². The second-order valence-electron chi connectivity index (χ2n) is 12.5. The minimum absolute atomic E-state index is 0.174. The van der Waals surface area contributed by atoms with Gasteiger partial charge >= 0.3 is 17.9 Å². The van der Waals surface area contributed by atoms with Crippen molar-refractivity contribution in [3.8, 4) is 0 Å². The normalized spacial score (nSPS) is 17.6. The van der Waals surface area contributed by atoms with Crippen LogP contribution in [0.15, 0.2) is 0 Å². The molecule has 6 atom stereocenters. The summed E-state index contributed by atoms with van der Waals surface area (Å²) in [6.45, 7) is 12.5. The molecule has 0 amide bonds. The van der Waals surface area contributed by atoms with Crippen LogP contribution < -0.4 is 0 Å². The Balaban J connectivity index is 7.17. The number of aliphatic carboxylic acids is 3. The van der Waals surface area contributed by atoms with Crippen LogP contribution >= 0.6 is 7.14 Å². The highest BCUT2D eigenvalue weighted by atomic mass is 31.2. The summed E-state index contributed by atoms with van der Waals surface area (Å²) in [4.78, 5) is 36.9. The lowest BCUT2D eigenvalue weighted by molar-refractivity contribution is -0.137. The summed E-state index contributed by atoms with van der Waals surface area (Å²) in [6, 6.07) is 0. The number of hydrogen-bond acceptors (Lipinski definition) is 4. The molecule has 0 radical (unpaired) electrons. The predicted molar refractivity (Wildman–Crippen MR) is 169 cm³/mol. The lowest BCUT2D eigenvalue weighted by Crippen LogP contribution is -2.35.